The van der Waals surface area contributed by atoms with Crippen molar-refractivity contribution in [2.75, 3.05) is 6.61 Å². The lowest BCUT2D eigenvalue weighted by molar-refractivity contribution is 0.224. The van der Waals surface area contributed by atoms with Crippen molar-refractivity contribution < 1.29 is 9.15 Å². The van der Waals surface area contributed by atoms with E-state index >= 15 is 0 Å². The zero-order chi connectivity index (χ0) is 13.2. The fourth-order valence-electron chi connectivity index (χ4n) is 2.48. The van der Waals surface area contributed by atoms with Crippen molar-refractivity contribution in [1.29, 1.82) is 0 Å². The molecule has 19 heavy (non-hydrogen) atoms. The molecule has 0 fully saturated rings. The van der Waals surface area contributed by atoms with Gasteiger partial charge in [-0.3, -0.25) is 0 Å². The van der Waals surface area contributed by atoms with Gasteiger partial charge >= 0.3 is 0 Å². The lowest BCUT2D eigenvalue weighted by Crippen LogP contribution is -2.40. The van der Waals surface area contributed by atoms with Gasteiger partial charge in [0.1, 0.15) is 18.1 Å². The Bertz CT molecular complexity index is 567. The number of furan rings is 1. The minimum absolute atomic E-state index is 0.156. The van der Waals surface area contributed by atoms with E-state index in [1.165, 1.54) is 5.56 Å². The first-order chi connectivity index (χ1) is 9.24. The molecule has 2 atom stereocenters. The maximum absolute atomic E-state index is 5.78. The van der Waals surface area contributed by atoms with Crippen LogP contribution in [-0.4, -0.2) is 12.6 Å². The number of hydrogen-bond acceptors (Lipinski definition) is 3. The van der Waals surface area contributed by atoms with Gasteiger partial charge in [-0.05, 0) is 47.0 Å². The molecule has 2 heterocycles. The molecule has 0 saturated carbocycles. The Morgan fingerprint density at radius 1 is 1.32 bits per heavy atom. The van der Waals surface area contributed by atoms with Crippen LogP contribution in [0.4, 0.5) is 0 Å². The first kappa shape index (κ1) is 12.8. The molecule has 1 aliphatic heterocycles. The quantitative estimate of drug-likeness (QED) is 0.936. The molecule has 1 aromatic heterocycles. The maximum Gasteiger partial charge on any atom is 0.134 e. The summed E-state index contributed by atoms with van der Waals surface area (Å²) in [4.78, 5) is 0. The molecule has 100 valence electrons. The van der Waals surface area contributed by atoms with E-state index in [2.05, 4.69) is 40.3 Å². The van der Waals surface area contributed by atoms with Crippen LogP contribution in [0.15, 0.2) is 45.5 Å². The van der Waals surface area contributed by atoms with Gasteiger partial charge in [-0.15, -0.1) is 0 Å². The molecule has 3 nitrogen and oxygen atoms in total. The van der Waals surface area contributed by atoms with Crippen LogP contribution in [0.1, 0.15) is 24.3 Å². The van der Waals surface area contributed by atoms with Crippen LogP contribution in [-0.2, 0) is 6.42 Å². The number of hydrogen-bond donors (Lipinski definition) is 1. The van der Waals surface area contributed by atoms with E-state index in [9.17, 15) is 0 Å². The van der Waals surface area contributed by atoms with Gasteiger partial charge in [0.2, 0.25) is 0 Å². The fraction of sp³-hybridized carbons (Fsp3) is 0.333. The number of halogens is 1. The molecule has 0 amide bonds. The highest BCUT2D eigenvalue weighted by Gasteiger charge is 2.23. The van der Waals surface area contributed by atoms with E-state index in [1.807, 2.05) is 18.2 Å². The first-order valence-electron chi connectivity index (χ1n) is 6.43. The Hall–Kier alpha value is -1.26. The summed E-state index contributed by atoms with van der Waals surface area (Å²) < 4.78 is 12.3. The van der Waals surface area contributed by atoms with Crippen molar-refractivity contribution in [3.8, 4) is 5.75 Å². The lowest BCUT2D eigenvalue weighted by atomic mass is 10.0. The first-order valence-corrected chi connectivity index (χ1v) is 7.23. The molecule has 1 aliphatic rings. The molecular formula is C15H16BrNO2. The number of para-hydroxylation sites is 1. The standard InChI is InChI=1S/C15H16BrNO2/c1-10(15-13(16)6-7-18-15)17-12-8-11-4-2-3-5-14(11)19-9-12/h2-7,10,12,17H,8-9H2,1H3/t10-,12+/m1/s1. The molecule has 4 heteroatoms. The van der Waals surface area contributed by atoms with E-state index in [4.69, 9.17) is 9.15 Å². The topological polar surface area (TPSA) is 34.4 Å². The van der Waals surface area contributed by atoms with Crippen LogP contribution < -0.4 is 10.1 Å². The molecule has 0 bridgehead atoms. The van der Waals surface area contributed by atoms with Gasteiger partial charge < -0.3 is 14.5 Å². The van der Waals surface area contributed by atoms with Gasteiger partial charge in [-0.2, -0.15) is 0 Å². The molecule has 3 rings (SSSR count). The number of rotatable bonds is 3. The van der Waals surface area contributed by atoms with Crippen molar-refractivity contribution in [2.24, 2.45) is 0 Å². The van der Waals surface area contributed by atoms with Gasteiger partial charge in [-0.25, -0.2) is 0 Å². The highest BCUT2D eigenvalue weighted by molar-refractivity contribution is 9.10. The van der Waals surface area contributed by atoms with Crippen molar-refractivity contribution in [3.05, 3.63) is 52.4 Å². The van der Waals surface area contributed by atoms with Crippen molar-refractivity contribution in [2.45, 2.75) is 25.4 Å². The Morgan fingerprint density at radius 2 is 2.16 bits per heavy atom. The van der Waals surface area contributed by atoms with E-state index in [-0.39, 0.29) is 6.04 Å². The monoisotopic (exact) mass is 321 g/mol. The third kappa shape index (κ3) is 2.69. The van der Waals surface area contributed by atoms with Crippen LogP contribution >= 0.6 is 15.9 Å². The minimum Gasteiger partial charge on any atom is -0.492 e. The van der Waals surface area contributed by atoms with Crippen molar-refractivity contribution in [3.63, 3.8) is 0 Å². The molecule has 0 aliphatic carbocycles. The molecule has 1 aromatic carbocycles. The molecule has 0 saturated heterocycles. The van der Waals surface area contributed by atoms with Crippen LogP contribution in [0.25, 0.3) is 0 Å². The Kier molecular flexibility index (Phi) is 3.62. The second-order valence-corrected chi connectivity index (χ2v) is 5.70. The Labute approximate surface area is 121 Å². The van der Waals surface area contributed by atoms with Gasteiger partial charge in [0.15, 0.2) is 0 Å². The Morgan fingerprint density at radius 3 is 2.95 bits per heavy atom. The van der Waals surface area contributed by atoms with Crippen LogP contribution in [0, 0.1) is 0 Å². The highest BCUT2D eigenvalue weighted by atomic mass is 79.9. The summed E-state index contributed by atoms with van der Waals surface area (Å²) in [6.45, 7) is 2.80. The molecule has 2 aromatic rings. The number of nitrogens with one attached hydrogen (secondary N) is 1. The number of benzene rings is 1. The molecular weight excluding hydrogens is 306 g/mol. The summed E-state index contributed by atoms with van der Waals surface area (Å²) in [7, 11) is 0. The van der Waals surface area contributed by atoms with Crippen LogP contribution in [0.5, 0.6) is 5.75 Å². The molecule has 0 radical (unpaired) electrons. The van der Waals surface area contributed by atoms with E-state index < -0.39 is 0 Å². The van der Waals surface area contributed by atoms with Crippen LogP contribution in [0.3, 0.4) is 0 Å². The minimum atomic E-state index is 0.156. The second kappa shape index (κ2) is 5.39. The van der Waals surface area contributed by atoms with Gasteiger partial charge in [0.25, 0.3) is 0 Å². The van der Waals surface area contributed by atoms with Gasteiger partial charge in [0, 0.05) is 6.04 Å². The summed E-state index contributed by atoms with van der Waals surface area (Å²) in [5.41, 5.74) is 1.26. The maximum atomic E-state index is 5.78. The van der Waals surface area contributed by atoms with E-state index in [0.717, 1.165) is 22.4 Å². The Balaban J connectivity index is 1.68. The fourth-order valence-corrected chi connectivity index (χ4v) is 3.02. The van der Waals surface area contributed by atoms with Crippen molar-refractivity contribution >= 4 is 15.9 Å². The second-order valence-electron chi connectivity index (χ2n) is 4.84. The van der Waals surface area contributed by atoms with Gasteiger partial charge in [0.05, 0.1) is 16.8 Å². The van der Waals surface area contributed by atoms with Crippen molar-refractivity contribution in [1.82, 2.24) is 5.32 Å². The molecule has 0 unspecified atom stereocenters. The summed E-state index contributed by atoms with van der Waals surface area (Å²) >= 11 is 3.49. The largest absolute Gasteiger partial charge is 0.492 e. The third-order valence-corrected chi connectivity index (χ3v) is 4.06. The molecule has 1 N–H and O–H groups in total. The summed E-state index contributed by atoms with van der Waals surface area (Å²) in [6.07, 6.45) is 2.68. The average Bonchev–Trinajstić information content (AvgIpc) is 2.85. The predicted molar refractivity (Wildman–Crippen MR) is 77.4 cm³/mol. The van der Waals surface area contributed by atoms with Crippen LogP contribution in [0.2, 0.25) is 0 Å². The normalized spacial score (nSPS) is 19.6. The number of fused-ring (bicyclic) bond motifs is 1. The third-order valence-electron chi connectivity index (χ3n) is 3.40. The average molecular weight is 322 g/mol. The van der Waals surface area contributed by atoms with Gasteiger partial charge in [-0.1, -0.05) is 18.2 Å². The van der Waals surface area contributed by atoms with E-state index in [1.54, 1.807) is 6.26 Å². The summed E-state index contributed by atoms with van der Waals surface area (Å²) in [5.74, 6) is 1.94. The number of ether oxygens (including phenoxy) is 1. The summed E-state index contributed by atoms with van der Waals surface area (Å²) in [6, 6.07) is 10.6. The smallest absolute Gasteiger partial charge is 0.134 e. The SMILES string of the molecule is C[C@@H](N[C@@H]1COc2ccccc2C1)c1occc1Br. The predicted octanol–water partition coefficient (Wildman–Crippen LogP) is 3.70. The van der Waals surface area contributed by atoms with E-state index in [0.29, 0.717) is 12.6 Å². The summed E-state index contributed by atoms with van der Waals surface area (Å²) in [5, 5.41) is 3.55. The lowest BCUT2D eigenvalue weighted by Gasteiger charge is -2.28. The molecule has 0 spiro atoms. The highest BCUT2D eigenvalue weighted by Crippen LogP contribution is 2.27. The zero-order valence-electron chi connectivity index (χ0n) is 10.7. The zero-order valence-corrected chi connectivity index (χ0v) is 12.3.